The van der Waals surface area contributed by atoms with Crippen molar-refractivity contribution < 1.29 is 20.1 Å². The Bertz CT molecular complexity index is 999. The second-order valence-electron chi connectivity index (χ2n) is 5.59. The molecule has 123 valence electrons. The van der Waals surface area contributed by atoms with Gasteiger partial charge in [0, 0.05) is 25.8 Å². The van der Waals surface area contributed by atoms with Gasteiger partial charge in [-0.2, -0.15) is 16.4 Å². The topological polar surface area (TPSA) is 43.6 Å². The minimum atomic E-state index is 0. The third-order valence-corrected chi connectivity index (χ3v) is 4.83. The van der Waals surface area contributed by atoms with Crippen LogP contribution >= 0.6 is 11.3 Å². The zero-order valence-electron chi connectivity index (χ0n) is 13.5. The van der Waals surface area contributed by atoms with Crippen molar-refractivity contribution in [2.75, 3.05) is 0 Å². The Morgan fingerprint density at radius 3 is 2.62 bits per heavy atom. The molecule has 0 N–H and O–H groups in total. The Balaban J connectivity index is 0.00000169. The molecule has 6 heteroatoms. The van der Waals surface area contributed by atoms with Crippen LogP contribution in [0.1, 0.15) is 16.1 Å². The molecular formula is C18H15IrN4S-. The normalized spacial score (nSPS) is 10.8. The van der Waals surface area contributed by atoms with Crippen molar-refractivity contribution in [2.24, 2.45) is 0 Å². The Morgan fingerprint density at radius 2 is 1.88 bits per heavy atom. The monoisotopic (exact) mass is 512 g/mol. The Labute approximate surface area is 157 Å². The van der Waals surface area contributed by atoms with Crippen molar-refractivity contribution in [2.45, 2.75) is 20.8 Å². The number of aromatic nitrogens is 4. The zero-order valence-corrected chi connectivity index (χ0v) is 16.7. The van der Waals surface area contributed by atoms with E-state index in [2.05, 4.69) is 53.3 Å². The van der Waals surface area contributed by atoms with E-state index in [1.807, 2.05) is 23.6 Å². The van der Waals surface area contributed by atoms with Crippen molar-refractivity contribution in [1.29, 1.82) is 0 Å². The van der Waals surface area contributed by atoms with Crippen LogP contribution in [-0.4, -0.2) is 19.7 Å². The molecule has 0 unspecified atom stereocenters. The van der Waals surface area contributed by atoms with Crippen LogP contribution in [0.4, 0.5) is 0 Å². The first-order valence-corrected chi connectivity index (χ1v) is 8.21. The number of aryl methyl sites for hydroxylation is 3. The van der Waals surface area contributed by atoms with Crippen molar-refractivity contribution in [1.82, 2.24) is 19.7 Å². The molecule has 2 aromatic carbocycles. The van der Waals surface area contributed by atoms with Gasteiger partial charge in [-0.05, 0) is 42.1 Å². The molecule has 4 aromatic rings. The van der Waals surface area contributed by atoms with E-state index in [1.54, 1.807) is 17.7 Å². The van der Waals surface area contributed by atoms with Gasteiger partial charge in [-0.15, -0.1) is 28.9 Å². The van der Waals surface area contributed by atoms with E-state index in [0.29, 0.717) is 0 Å². The summed E-state index contributed by atoms with van der Waals surface area (Å²) in [6, 6.07) is 13.6. The minimum absolute atomic E-state index is 0. The van der Waals surface area contributed by atoms with E-state index < -0.39 is 0 Å². The van der Waals surface area contributed by atoms with Crippen LogP contribution in [0.5, 0.6) is 0 Å². The van der Waals surface area contributed by atoms with Gasteiger partial charge in [0.1, 0.15) is 6.33 Å². The molecule has 24 heavy (non-hydrogen) atoms. The summed E-state index contributed by atoms with van der Waals surface area (Å²) >= 11 is 1.68. The average molecular weight is 512 g/mol. The maximum atomic E-state index is 4.56. The fourth-order valence-electron chi connectivity index (χ4n) is 2.88. The first kappa shape index (κ1) is 17.0. The summed E-state index contributed by atoms with van der Waals surface area (Å²) in [5.41, 5.74) is 5.39. The predicted molar refractivity (Wildman–Crippen MR) is 93.0 cm³/mol. The van der Waals surface area contributed by atoms with E-state index in [-0.39, 0.29) is 20.1 Å². The Hall–Kier alpha value is -1.88. The fraction of sp³-hybridized carbons (Fsp3) is 0.167. The quantitative estimate of drug-likeness (QED) is 0.378. The molecule has 0 saturated heterocycles. The van der Waals surface area contributed by atoms with E-state index in [1.165, 1.54) is 11.1 Å². The summed E-state index contributed by atoms with van der Waals surface area (Å²) in [4.78, 5) is 4.56. The van der Waals surface area contributed by atoms with Gasteiger partial charge in [0.25, 0.3) is 0 Å². The fourth-order valence-corrected chi connectivity index (χ4v) is 3.67. The first-order chi connectivity index (χ1) is 11.1. The summed E-state index contributed by atoms with van der Waals surface area (Å²) in [7, 11) is 0. The maximum absolute atomic E-state index is 4.56. The van der Waals surface area contributed by atoms with Crippen molar-refractivity contribution in [3.63, 3.8) is 0 Å². The summed E-state index contributed by atoms with van der Waals surface area (Å²) in [5, 5.41) is 9.49. The molecule has 0 bridgehead atoms. The smallest absolute Gasteiger partial charge is 0.114 e. The van der Waals surface area contributed by atoms with Crippen LogP contribution in [0, 0.1) is 26.8 Å². The van der Waals surface area contributed by atoms with Crippen molar-refractivity contribution in [3.8, 4) is 17.1 Å². The molecule has 2 aromatic heterocycles. The van der Waals surface area contributed by atoms with Gasteiger partial charge in [-0.1, -0.05) is 18.2 Å². The van der Waals surface area contributed by atoms with Gasteiger partial charge >= 0.3 is 0 Å². The number of thiazole rings is 1. The van der Waals surface area contributed by atoms with E-state index in [0.717, 1.165) is 32.3 Å². The van der Waals surface area contributed by atoms with Gasteiger partial charge in [0.2, 0.25) is 0 Å². The molecule has 0 amide bonds. The molecule has 0 saturated carbocycles. The second kappa shape index (κ2) is 6.55. The average Bonchev–Trinajstić information content (AvgIpc) is 3.11. The van der Waals surface area contributed by atoms with Crippen molar-refractivity contribution >= 4 is 21.6 Å². The summed E-state index contributed by atoms with van der Waals surface area (Å²) in [6.07, 6.45) is 1.76. The Morgan fingerprint density at radius 1 is 1.12 bits per heavy atom. The molecule has 2 heterocycles. The van der Waals surface area contributed by atoms with Crippen molar-refractivity contribution in [3.05, 3.63) is 58.9 Å². The number of para-hydroxylation sites is 1. The van der Waals surface area contributed by atoms with Crippen LogP contribution in [0.3, 0.4) is 0 Å². The molecule has 0 spiro atoms. The van der Waals surface area contributed by atoms with E-state index in [9.17, 15) is 0 Å². The molecule has 0 fully saturated rings. The third kappa shape index (κ3) is 2.81. The third-order valence-electron chi connectivity index (χ3n) is 3.90. The maximum Gasteiger partial charge on any atom is 0.114 e. The zero-order chi connectivity index (χ0) is 16.0. The summed E-state index contributed by atoms with van der Waals surface area (Å²) < 4.78 is 3.17. The summed E-state index contributed by atoms with van der Waals surface area (Å²) in [6.45, 7) is 6.22. The number of benzene rings is 2. The van der Waals surface area contributed by atoms with Gasteiger partial charge < -0.3 is 4.57 Å². The number of fused-ring (bicyclic) bond motifs is 1. The number of rotatable bonds is 2. The molecule has 0 aliphatic carbocycles. The van der Waals surface area contributed by atoms with Gasteiger partial charge in [-0.25, -0.2) is 0 Å². The predicted octanol–water partition coefficient (Wildman–Crippen LogP) is 4.27. The van der Waals surface area contributed by atoms with Crippen LogP contribution < -0.4 is 0 Å². The van der Waals surface area contributed by atoms with Crippen LogP contribution in [0.25, 0.3) is 27.3 Å². The molecule has 4 nitrogen and oxygen atoms in total. The molecule has 1 radical (unpaired) electrons. The number of hydrogen-bond donors (Lipinski definition) is 0. The second-order valence-corrected chi connectivity index (χ2v) is 6.83. The molecular weight excluding hydrogens is 497 g/mol. The van der Waals surface area contributed by atoms with Gasteiger partial charge in [0.05, 0.1) is 10.8 Å². The van der Waals surface area contributed by atoms with Crippen LogP contribution in [0.2, 0.25) is 0 Å². The summed E-state index contributed by atoms with van der Waals surface area (Å²) in [5.74, 6) is 0.787. The number of hydrogen-bond acceptors (Lipinski definition) is 4. The van der Waals surface area contributed by atoms with Crippen LogP contribution in [0.15, 0.2) is 36.7 Å². The first-order valence-electron chi connectivity index (χ1n) is 7.39. The van der Waals surface area contributed by atoms with E-state index >= 15 is 0 Å². The largest absolute Gasteiger partial charge is 0.322 e. The number of nitrogens with zero attached hydrogens (tertiary/aromatic N) is 4. The van der Waals surface area contributed by atoms with Crippen LogP contribution in [-0.2, 0) is 20.1 Å². The molecule has 4 rings (SSSR count). The van der Waals surface area contributed by atoms with E-state index in [4.69, 9.17) is 0 Å². The molecule has 0 aliphatic heterocycles. The van der Waals surface area contributed by atoms with Gasteiger partial charge in [-0.3, -0.25) is 4.98 Å². The van der Waals surface area contributed by atoms with Gasteiger partial charge in [0.15, 0.2) is 0 Å². The SMILES string of the molecule is Cc1nc2cc(-c3nncn3-c3c(C)cccc3C)[c-]cc2s1.[Ir]. The molecule has 0 atom stereocenters. The Kier molecular flexibility index (Phi) is 4.63. The molecule has 0 aliphatic rings. The standard InChI is InChI=1S/C18H15N4S.Ir/c1-11-5-4-6-12(2)17(11)22-10-19-21-18(22)14-7-8-16-15(9-14)20-13(3)23-16;/h4-6,8-10H,1-3H3;/q-1;. The minimum Gasteiger partial charge on any atom is -0.322 e.